The Kier molecular flexibility index (Phi) is 4.70. The Bertz CT molecular complexity index is 964. The number of nitrogens with zero attached hydrogens (tertiary/aromatic N) is 4. The molecule has 4 heterocycles. The van der Waals surface area contributed by atoms with Crippen molar-refractivity contribution in [3.05, 3.63) is 53.6 Å². The Balaban J connectivity index is 1.20. The molecule has 0 saturated carbocycles. The van der Waals surface area contributed by atoms with Crippen molar-refractivity contribution in [3.8, 4) is 5.75 Å². The van der Waals surface area contributed by atoms with E-state index >= 15 is 0 Å². The SMILES string of the molecule is c1nc2ncc(CCCOc3ccc4c(c3)CCOC43CCNCC3)cn2n1. The molecule has 2 aromatic heterocycles. The minimum absolute atomic E-state index is 0.0929. The Morgan fingerprint density at radius 3 is 3.07 bits per heavy atom. The van der Waals surface area contributed by atoms with E-state index in [2.05, 4.69) is 38.6 Å². The van der Waals surface area contributed by atoms with Gasteiger partial charge in [-0.15, -0.1) is 0 Å². The van der Waals surface area contributed by atoms with Gasteiger partial charge in [-0.25, -0.2) is 9.50 Å². The second-order valence-corrected chi connectivity index (χ2v) is 7.58. The van der Waals surface area contributed by atoms with Crippen molar-refractivity contribution in [2.75, 3.05) is 26.3 Å². The summed E-state index contributed by atoms with van der Waals surface area (Å²) in [6, 6.07) is 6.53. The van der Waals surface area contributed by atoms with Crippen LogP contribution in [0.1, 0.15) is 36.0 Å². The van der Waals surface area contributed by atoms with Gasteiger partial charge in [0, 0.05) is 12.4 Å². The molecule has 0 aliphatic carbocycles. The van der Waals surface area contributed by atoms with Crippen molar-refractivity contribution in [1.82, 2.24) is 24.9 Å². The van der Waals surface area contributed by atoms with Gasteiger partial charge >= 0.3 is 0 Å². The molecule has 0 atom stereocenters. The zero-order valence-corrected chi connectivity index (χ0v) is 15.9. The Labute approximate surface area is 164 Å². The number of aromatic nitrogens is 4. The molecule has 5 rings (SSSR count). The van der Waals surface area contributed by atoms with Crippen LogP contribution in [-0.2, 0) is 23.2 Å². The van der Waals surface area contributed by atoms with Gasteiger partial charge in [-0.1, -0.05) is 6.07 Å². The van der Waals surface area contributed by atoms with Crippen molar-refractivity contribution in [2.24, 2.45) is 0 Å². The summed E-state index contributed by atoms with van der Waals surface area (Å²) in [5.74, 6) is 1.58. The van der Waals surface area contributed by atoms with E-state index in [4.69, 9.17) is 9.47 Å². The van der Waals surface area contributed by atoms with Crippen molar-refractivity contribution >= 4 is 5.78 Å². The molecule has 7 nitrogen and oxygen atoms in total. The maximum Gasteiger partial charge on any atom is 0.252 e. The van der Waals surface area contributed by atoms with E-state index in [1.165, 1.54) is 17.5 Å². The van der Waals surface area contributed by atoms with Crippen molar-refractivity contribution in [1.29, 1.82) is 0 Å². The zero-order chi connectivity index (χ0) is 18.8. The summed E-state index contributed by atoms with van der Waals surface area (Å²) in [5, 5.41) is 7.57. The Hall–Kier alpha value is -2.51. The fourth-order valence-corrected chi connectivity index (χ4v) is 4.34. The number of hydrogen-bond acceptors (Lipinski definition) is 6. The number of aryl methyl sites for hydroxylation is 1. The molecule has 146 valence electrons. The number of piperidine rings is 1. The molecular weight excluding hydrogens is 354 g/mol. The lowest BCUT2D eigenvalue weighted by Gasteiger charge is -2.42. The van der Waals surface area contributed by atoms with E-state index < -0.39 is 0 Å². The zero-order valence-electron chi connectivity index (χ0n) is 15.9. The lowest BCUT2D eigenvalue weighted by molar-refractivity contribution is -0.0802. The molecule has 3 aromatic rings. The standard InChI is InChI=1S/C21H25N5O2/c1(2-16-13-23-20-24-15-25-26(20)14-16)10-27-18-3-4-19-17(12-18)5-11-28-21(19)6-8-22-9-7-21/h3-4,12-15,22H,1-2,5-11H2. The van der Waals surface area contributed by atoms with Gasteiger partial charge in [-0.2, -0.15) is 10.1 Å². The first-order valence-electron chi connectivity index (χ1n) is 10.1. The van der Waals surface area contributed by atoms with Crippen LogP contribution in [0, 0.1) is 0 Å². The minimum atomic E-state index is -0.0929. The van der Waals surface area contributed by atoms with Gasteiger partial charge in [0.05, 0.1) is 18.8 Å². The number of rotatable bonds is 5. The molecule has 2 aliphatic rings. The molecule has 0 amide bonds. The number of benzene rings is 1. The molecule has 28 heavy (non-hydrogen) atoms. The van der Waals surface area contributed by atoms with Gasteiger partial charge in [0.1, 0.15) is 12.1 Å². The van der Waals surface area contributed by atoms with E-state index in [-0.39, 0.29) is 5.60 Å². The molecule has 0 unspecified atom stereocenters. The highest BCUT2D eigenvalue weighted by Crippen LogP contribution is 2.41. The van der Waals surface area contributed by atoms with Gasteiger partial charge < -0.3 is 14.8 Å². The third-order valence-corrected chi connectivity index (χ3v) is 5.80. The predicted octanol–water partition coefficient (Wildman–Crippen LogP) is 2.29. The lowest BCUT2D eigenvalue weighted by atomic mass is 9.80. The Morgan fingerprint density at radius 2 is 2.14 bits per heavy atom. The van der Waals surface area contributed by atoms with Crippen molar-refractivity contribution < 1.29 is 9.47 Å². The summed E-state index contributed by atoms with van der Waals surface area (Å²) >= 11 is 0. The van der Waals surface area contributed by atoms with Gasteiger partial charge in [0.2, 0.25) is 0 Å². The normalized spacial score (nSPS) is 18.3. The van der Waals surface area contributed by atoms with Crippen molar-refractivity contribution in [3.63, 3.8) is 0 Å². The average Bonchev–Trinajstić information content (AvgIpc) is 3.20. The number of hydrogen-bond donors (Lipinski definition) is 1. The van der Waals surface area contributed by atoms with E-state index in [1.54, 1.807) is 4.52 Å². The van der Waals surface area contributed by atoms with E-state index in [0.29, 0.717) is 12.4 Å². The number of fused-ring (bicyclic) bond motifs is 3. The lowest BCUT2D eigenvalue weighted by Crippen LogP contribution is -2.44. The third-order valence-electron chi connectivity index (χ3n) is 5.80. The maximum absolute atomic E-state index is 6.25. The summed E-state index contributed by atoms with van der Waals surface area (Å²) in [6.07, 6.45) is 10.2. The highest BCUT2D eigenvalue weighted by molar-refractivity contribution is 5.41. The number of ether oxygens (including phenoxy) is 2. The molecule has 1 saturated heterocycles. The maximum atomic E-state index is 6.25. The first-order chi connectivity index (χ1) is 13.8. The monoisotopic (exact) mass is 379 g/mol. The smallest absolute Gasteiger partial charge is 0.252 e. The van der Waals surface area contributed by atoms with Crippen LogP contribution >= 0.6 is 0 Å². The first-order valence-corrected chi connectivity index (χ1v) is 10.1. The predicted molar refractivity (Wildman–Crippen MR) is 104 cm³/mol. The fraction of sp³-hybridized carbons (Fsp3) is 0.476. The summed E-state index contributed by atoms with van der Waals surface area (Å²) in [7, 11) is 0. The molecule has 1 N–H and O–H groups in total. The molecular formula is C21H25N5O2. The van der Waals surface area contributed by atoms with Gasteiger partial charge in [0.25, 0.3) is 5.78 Å². The molecule has 2 aliphatic heterocycles. The van der Waals surface area contributed by atoms with Crippen LogP contribution in [0.2, 0.25) is 0 Å². The topological polar surface area (TPSA) is 73.6 Å². The first kappa shape index (κ1) is 17.6. The van der Waals surface area contributed by atoms with Crippen LogP contribution in [0.3, 0.4) is 0 Å². The minimum Gasteiger partial charge on any atom is -0.494 e. The highest BCUT2D eigenvalue weighted by atomic mass is 16.5. The molecule has 1 aromatic carbocycles. The highest BCUT2D eigenvalue weighted by Gasteiger charge is 2.38. The summed E-state index contributed by atoms with van der Waals surface area (Å²) < 4.78 is 14.0. The molecule has 1 spiro atoms. The van der Waals surface area contributed by atoms with Crippen LogP contribution in [0.25, 0.3) is 5.78 Å². The van der Waals surface area contributed by atoms with Crippen LogP contribution in [0.15, 0.2) is 36.9 Å². The van der Waals surface area contributed by atoms with Crippen LogP contribution in [0.5, 0.6) is 5.75 Å². The van der Waals surface area contributed by atoms with E-state index in [9.17, 15) is 0 Å². The summed E-state index contributed by atoms with van der Waals surface area (Å²) in [6.45, 7) is 3.52. The van der Waals surface area contributed by atoms with Crippen LogP contribution in [0.4, 0.5) is 0 Å². The second-order valence-electron chi connectivity index (χ2n) is 7.58. The van der Waals surface area contributed by atoms with Gasteiger partial charge in [-0.3, -0.25) is 0 Å². The summed E-state index contributed by atoms with van der Waals surface area (Å²) in [5.41, 5.74) is 3.79. The Morgan fingerprint density at radius 1 is 1.21 bits per heavy atom. The second kappa shape index (κ2) is 7.48. The van der Waals surface area contributed by atoms with Crippen LogP contribution in [-0.4, -0.2) is 45.9 Å². The van der Waals surface area contributed by atoms with Crippen LogP contribution < -0.4 is 10.1 Å². The average molecular weight is 379 g/mol. The van der Waals surface area contributed by atoms with E-state index in [1.807, 2.05) is 12.4 Å². The fourth-order valence-electron chi connectivity index (χ4n) is 4.34. The van der Waals surface area contributed by atoms with Crippen molar-refractivity contribution in [2.45, 2.75) is 37.7 Å². The molecule has 0 radical (unpaired) electrons. The summed E-state index contributed by atoms with van der Waals surface area (Å²) in [4.78, 5) is 8.37. The number of nitrogens with one attached hydrogen (secondary N) is 1. The third kappa shape index (κ3) is 3.36. The van der Waals surface area contributed by atoms with Gasteiger partial charge in [0.15, 0.2) is 0 Å². The largest absolute Gasteiger partial charge is 0.494 e. The molecule has 0 bridgehead atoms. The van der Waals surface area contributed by atoms with E-state index in [0.717, 1.165) is 63.1 Å². The van der Waals surface area contributed by atoms with Gasteiger partial charge in [-0.05, 0) is 74.0 Å². The quantitative estimate of drug-likeness (QED) is 0.686. The molecule has 1 fully saturated rings. The molecule has 7 heteroatoms.